The number of esters is 1. The summed E-state index contributed by atoms with van der Waals surface area (Å²) in [5.74, 6) is -0.678. The molecule has 0 saturated carbocycles. The van der Waals surface area contributed by atoms with Gasteiger partial charge in [0.05, 0.1) is 10.7 Å². The van der Waals surface area contributed by atoms with Gasteiger partial charge in [-0.25, -0.2) is 23.3 Å². The fraction of sp³-hybridized carbons (Fsp3) is 0.143. The lowest BCUT2D eigenvalue weighted by molar-refractivity contribution is 0.0457. The van der Waals surface area contributed by atoms with E-state index in [1.54, 1.807) is 28.9 Å². The van der Waals surface area contributed by atoms with Crippen molar-refractivity contribution in [3.8, 4) is 0 Å². The predicted octanol–water partition coefficient (Wildman–Crippen LogP) is 1.33. The van der Waals surface area contributed by atoms with E-state index in [1.165, 1.54) is 23.9 Å². The predicted molar refractivity (Wildman–Crippen MR) is 86.1 cm³/mol. The fourth-order valence-corrected chi connectivity index (χ4v) is 2.94. The van der Waals surface area contributed by atoms with Crippen LogP contribution in [0.3, 0.4) is 0 Å². The summed E-state index contributed by atoms with van der Waals surface area (Å²) in [6, 6.07) is 4.61. The molecule has 0 atom stereocenters. The van der Waals surface area contributed by atoms with Gasteiger partial charge in [-0.2, -0.15) is 0 Å². The van der Waals surface area contributed by atoms with Gasteiger partial charge in [0.1, 0.15) is 22.8 Å². The highest BCUT2D eigenvalue weighted by atomic mass is 35.5. The van der Waals surface area contributed by atoms with Crippen LogP contribution in [0.15, 0.2) is 41.7 Å². The molecule has 10 heteroatoms. The Labute approximate surface area is 142 Å². The molecule has 0 fully saturated rings. The number of nitrogens with zero attached hydrogens (tertiary/aromatic N) is 3. The van der Waals surface area contributed by atoms with Gasteiger partial charge < -0.3 is 13.7 Å². The minimum atomic E-state index is -3.88. The third-order valence-corrected chi connectivity index (χ3v) is 4.44. The quantitative estimate of drug-likeness (QED) is 0.699. The van der Waals surface area contributed by atoms with Crippen molar-refractivity contribution in [2.24, 2.45) is 12.2 Å². The molecular formula is C14H13ClN4O4S. The number of halogens is 1. The number of aryl methyl sites for hydroxylation is 1. The van der Waals surface area contributed by atoms with Crippen LogP contribution < -0.4 is 5.14 Å². The summed E-state index contributed by atoms with van der Waals surface area (Å²) in [5.41, 5.74) is 1.28. The summed E-state index contributed by atoms with van der Waals surface area (Å²) < 4.78 is 30.9. The van der Waals surface area contributed by atoms with Crippen LogP contribution in [0.5, 0.6) is 0 Å². The topological polar surface area (TPSA) is 109 Å². The van der Waals surface area contributed by atoms with Gasteiger partial charge >= 0.3 is 5.97 Å². The fourth-order valence-electron chi connectivity index (χ4n) is 2.19. The van der Waals surface area contributed by atoms with Crippen LogP contribution in [0.2, 0.25) is 5.02 Å². The average Bonchev–Trinajstić information content (AvgIpc) is 3.07. The van der Waals surface area contributed by atoms with Crippen LogP contribution in [0, 0.1) is 0 Å². The Morgan fingerprint density at radius 2 is 2.08 bits per heavy atom. The lowest BCUT2D eigenvalue weighted by atomic mass is 10.4. The van der Waals surface area contributed by atoms with Crippen molar-refractivity contribution in [1.29, 1.82) is 0 Å². The largest absolute Gasteiger partial charge is 0.454 e. The van der Waals surface area contributed by atoms with E-state index in [0.717, 1.165) is 0 Å². The smallest absolute Gasteiger partial charge is 0.355 e. The van der Waals surface area contributed by atoms with Crippen molar-refractivity contribution in [3.05, 3.63) is 53.2 Å². The third kappa shape index (κ3) is 3.28. The molecule has 3 aromatic heterocycles. The van der Waals surface area contributed by atoms with E-state index >= 15 is 0 Å². The van der Waals surface area contributed by atoms with Gasteiger partial charge in [0.15, 0.2) is 0 Å². The first-order chi connectivity index (χ1) is 11.2. The van der Waals surface area contributed by atoms with Gasteiger partial charge in [-0.15, -0.1) is 0 Å². The lowest BCUT2D eigenvalue weighted by Crippen LogP contribution is -2.11. The second kappa shape index (κ2) is 5.93. The Morgan fingerprint density at radius 3 is 2.75 bits per heavy atom. The monoisotopic (exact) mass is 368 g/mol. The van der Waals surface area contributed by atoms with Crippen LogP contribution in [-0.4, -0.2) is 28.3 Å². The Balaban J connectivity index is 1.76. The van der Waals surface area contributed by atoms with Gasteiger partial charge in [-0.3, -0.25) is 0 Å². The van der Waals surface area contributed by atoms with E-state index in [4.69, 9.17) is 21.5 Å². The van der Waals surface area contributed by atoms with E-state index in [2.05, 4.69) is 4.98 Å². The molecule has 8 nitrogen and oxygen atoms in total. The molecule has 24 heavy (non-hydrogen) atoms. The van der Waals surface area contributed by atoms with E-state index in [0.29, 0.717) is 16.4 Å². The van der Waals surface area contributed by atoms with E-state index < -0.39 is 16.0 Å². The molecule has 0 saturated heterocycles. The second-order valence-electron chi connectivity index (χ2n) is 5.14. The molecule has 3 rings (SSSR count). The molecule has 126 valence electrons. The highest BCUT2D eigenvalue weighted by Gasteiger charge is 2.18. The number of carbonyl (C=O) groups excluding carboxylic acids is 1. The standard InChI is InChI=1S/C14H13ClN4O4S/c1-18-7-11(24(16,21)22)4-12(18)14(20)23-8-10-6-19-5-9(15)2-3-13(19)17-10/h2-7H,8H2,1H3,(H2,16,21,22). The number of nitrogens with two attached hydrogens (primary N) is 1. The Bertz CT molecular complexity index is 1040. The van der Waals surface area contributed by atoms with Gasteiger partial charge in [0.25, 0.3) is 0 Å². The van der Waals surface area contributed by atoms with E-state index in [1.807, 2.05) is 0 Å². The van der Waals surface area contributed by atoms with Crippen LogP contribution in [0.4, 0.5) is 0 Å². The highest BCUT2D eigenvalue weighted by Crippen LogP contribution is 2.15. The van der Waals surface area contributed by atoms with Gasteiger partial charge in [-0.05, 0) is 18.2 Å². The zero-order valence-electron chi connectivity index (χ0n) is 12.5. The van der Waals surface area contributed by atoms with Crippen molar-refractivity contribution < 1.29 is 17.9 Å². The summed E-state index contributed by atoms with van der Waals surface area (Å²) >= 11 is 5.90. The number of primary sulfonamides is 1. The second-order valence-corrected chi connectivity index (χ2v) is 7.14. The minimum Gasteiger partial charge on any atom is -0.454 e. The molecule has 0 aliphatic rings. The van der Waals surface area contributed by atoms with Crippen LogP contribution >= 0.6 is 11.6 Å². The number of pyridine rings is 1. The van der Waals surface area contributed by atoms with Gasteiger partial charge in [-0.1, -0.05) is 11.6 Å². The number of rotatable bonds is 4. The minimum absolute atomic E-state index is 0.0615. The molecule has 2 N–H and O–H groups in total. The molecule has 0 bridgehead atoms. The van der Waals surface area contributed by atoms with Crippen molar-refractivity contribution in [3.63, 3.8) is 0 Å². The number of ether oxygens (including phenoxy) is 1. The summed E-state index contributed by atoms with van der Waals surface area (Å²) in [5, 5.41) is 5.60. The molecule has 0 amide bonds. The maximum atomic E-state index is 12.1. The number of aromatic nitrogens is 3. The number of fused-ring (bicyclic) bond motifs is 1. The SMILES string of the molecule is Cn1cc(S(N)(=O)=O)cc1C(=O)OCc1cn2cc(Cl)ccc2n1. The van der Waals surface area contributed by atoms with Crippen LogP contribution in [-0.2, 0) is 28.4 Å². The summed E-state index contributed by atoms with van der Waals surface area (Å²) in [4.78, 5) is 16.3. The third-order valence-electron chi connectivity index (χ3n) is 3.33. The highest BCUT2D eigenvalue weighted by molar-refractivity contribution is 7.89. The van der Waals surface area contributed by atoms with Crippen LogP contribution in [0.25, 0.3) is 5.65 Å². The molecule has 0 aliphatic carbocycles. The summed E-state index contributed by atoms with van der Waals surface area (Å²) in [7, 11) is -2.36. The molecule has 0 aliphatic heterocycles. The number of hydrogen-bond acceptors (Lipinski definition) is 5. The summed E-state index contributed by atoms with van der Waals surface area (Å²) in [6.45, 7) is -0.0615. The molecule has 0 aromatic carbocycles. The van der Waals surface area contributed by atoms with Crippen molar-refractivity contribution in [2.45, 2.75) is 11.5 Å². The lowest BCUT2D eigenvalue weighted by Gasteiger charge is -2.03. The molecule has 0 unspecified atom stereocenters. The Kier molecular flexibility index (Phi) is 4.08. The first kappa shape index (κ1) is 16.5. The summed E-state index contributed by atoms with van der Waals surface area (Å²) in [6.07, 6.45) is 4.62. The zero-order valence-corrected chi connectivity index (χ0v) is 14.1. The normalized spacial score (nSPS) is 11.8. The zero-order chi connectivity index (χ0) is 17.5. The number of carbonyl (C=O) groups is 1. The van der Waals surface area contributed by atoms with Crippen molar-refractivity contribution in [2.75, 3.05) is 0 Å². The first-order valence-corrected chi connectivity index (χ1v) is 8.66. The Hall–Kier alpha value is -2.36. The first-order valence-electron chi connectivity index (χ1n) is 6.73. The molecule has 0 radical (unpaired) electrons. The van der Waals surface area contributed by atoms with Gasteiger partial charge in [0, 0.05) is 25.6 Å². The molecule has 3 heterocycles. The Morgan fingerprint density at radius 1 is 1.33 bits per heavy atom. The van der Waals surface area contributed by atoms with Gasteiger partial charge in [0.2, 0.25) is 10.0 Å². The van der Waals surface area contributed by atoms with Crippen molar-refractivity contribution >= 4 is 33.2 Å². The number of imidazole rings is 1. The van der Waals surface area contributed by atoms with E-state index in [9.17, 15) is 13.2 Å². The number of sulfonamides is 1. The van der Waals surface area contributed by atoms with Crippen LogP contribution in [0.1, 0.15) is 16.2 Å². The average molecular weight is 369 g/mol. The maximum Gasteiger partial charge on any atom is 0.355 e. The number of hydrogen-bond donors (Lipinski definition) is 1. The molecule has 0 spiro atoms. The molecule has 3 aromatic rings. The van der Waals surface area contributed by atoms with E-state index in [-0.39, 0.29) is 17.2 Å². The van der Waals surface area contributed by atoms with Crippen molar-refractivity contribution in [1.82, 2.24) is 14.0 Å². The molecular weight excluding hydrogens is 356 g/mol. The maximum absolute atomic E-state index is 12.1.